The molecular formula is C112H146AlCl7F6LiN5O17S. The van der Waals surface area contributed by atoms with Gasteiger partial charge in [0.05, 0.1) is 89.1 Å². The predicted octanol–water partition coefficient (Wildman–Crippen LogP) is 20.8. The number of aromatic hydroxyl groups is 1. The summed E-state index contributed by atoms with van der Waals surface area (Å²) in [5, 5.41) is 34.1. The van der Waals surface area contributed by atoms with Crippen molar-refractivity contribution in [1.82, 2.24) is 24.9 Å². The zero-order valence-electron chi connectivity index (χ0n) is 87.5. The first-order chi connectivity index (χ1) is 70.2. The number of halogens is 13. The van der Waals surface area contributed by atoms with Crippen molar-refractivity contribution in [2.24, 2.45) is 29.6 Å². The maximum Gasteiger partial charge on any atom is 1.00 e. The van der Waals surface area contributed by atoms with Gasteiger partial charge in [0.1, 0.15) is 11.5 Å². The third-order valence-electron chi connectivity index (χ3n) is 31.1. The Labute approximate surface area is 939 Å². The van der Waals surface area contributed by atoms with Crippen LogP contribution < -0.4 is 28.9 Å². The van der Waals surface area contributed by atoms with Gasteiger partial charge in [-0.05, 0) is 319 Å². The summed E-state index contributed by atoms with van der Waals surface area (Å²) in [6, 6.07) is 47.4. The maximum absolute atomic E-state index is 13.7. The molecule has 11 fully saturated rings. The minimum absolute atomic E-state index is 0. The number of carbonyl (C=O) groups excluding carboxylic acids is 6. The summed E-state index contributed by atoms with van der Waals surface area (Å²) in [4.78, 5) is 95.8. The van der Waals surface area contributed by atoms with E-state index in [9.17, 15) is 78.5 Å². The quantitative estimate of drug-likeness (QED) is 0.0192. The van der Waals surface area contributed by atoms with Crippen molar-refractivity contribution in [1.29, 1.82) is 0 Å². The molecule has 5 saturated carbocycles. The van der Waals surface area contributed by atoms with Crippen LogP contribution in [0.2, 0.25) is 25.1 Å². The van der Waals surface area contributed by atoms with Gasteiger partial charge < -0.3 is 60.6 Å². The van der Waals surface area contributed by atoms with Gasteiger partial charge in [-0.1, -0.05) is 151 Å². The number of alkyl halides is 8. The van der Waals surface area contributed by atoms with Crippen molar-refractivity contribution in [3.05, 3.63) is 234 Å². The van der Waals surface area contributed by atoms with Crippen molar-refractivity contribution in [3.8, 4) is 11.5 Å². The molecule has 6 aliphatic heterocycles. The first-order valence-electron chi connectivity index (χ1n) is 51.2. The number of ether oxygens (including phenoxy) is 4. The Bertz CT molecular complexity index is 5520. The number of carboxylic acid groups (broad SMARTS) is 1. The SMILES string of the molecule is C1CCOC1.COC(=O)[C@@H]1CC[C@H](C)N(C(=O)C2(c3ccc(Cl)cc3)CCC2)C1.COC(=O)[C@@H]1CC[C@H](C)NC1.C[C@H]1CC[C@@H](CO)CN1C(=O)C1(c2ccc(Cl)cc2)CCC1.C[C@H]1CC[C@@H](COS(C)(=O)=O)CN1C(=O)C1(c2ccc(Cl)cc2)CCC1.C[C@H]1CC[C@@H](COc2ccc(C(F)(F)F)cc2)CN1C(=O)C1(c2ccc(Cl)cc2)CCC1.ClCCl.O=C(O)C1(c2ccc(Cl)cc2)CCC1.Oc1ccc(C(F)(F)F)cc1.[AlH3].[H-].[Li+]. The summed E-state index contributed by atoms with van der Waals surface area (Å²) < 4.78 is 121. The summed E-state index contributed by atoms with van der Waals surface area (Å²) in [6.45, 7) is 16.2. The van der Waals surface area contributed by atoms with Crippen molar-refractivity contribution in [2.75, 3.05) is 91.6 Å². The Morgan fingerprint density at radius 3 is 0.980 bits per heavy atom. The van der Waals surface area contributed by atoms with Crippen LogP contribution in [0.1, 0.15) is 248 Å². The smallest absolute Gasteiger partial charge is 1.00 e. The largest absolute Gasteiger partial charge is 1.00 e. The number of nitrogens with zero attached hydrogens (tertiary/aromatic N) is 4. The zero-order chi connectivity index (χ0) is 108. The Morgan fingerprint density at radius 2 is 0.707 bits per heavy atom. The molecule has 10 atom stereocenters. The molecular weight excluding hydrogens is 2120 g/mol. The second-order valence-corrected chi connectivity index (χ2v) is 45.6. The number of methoxy groups -OCH3 is 2. The molecule has 11 aliphatic rings. The van der Waals surface area contributed by atoms with Crippen LogP contribution in [-0.2, 0) is 102 Å². The van der Waals surface area contributed by atoms with Crippen molar-refractivity contribution < 1.29 is 127 Å². The number of hydrogen-bond donors (Lipinski definition) is 4. The Morgan fingerprint density at radius 1 is 0.420 bits per heavy atom. The molecule has 4 N–H and O–H groups in total. The molecule has 22 nitrogen and oxygen atoms in total. The van der Waals surface area contributed by atoms with Crippen molar-refractivity contribution >= 4 is 150 Å². The Hall–Kier alpha value is -7.04. The molecule has 5 aliphatic carbocycles. The Balaban J connectivity index is 0.000000240. The molecule has 6 heterocycles. The first-order valence-corrected chi connectivity index (χ1v) is 56.0. The number of aliphatic carboxylic acids is 1. The number of likely N-dealkylation sites (tertiary alicyclic amines) is 4. The molecule has 6 saturated heterocycles. The van der Waals surface area contributed by atoms with E-state index in [0.29, 0.717) is 69.7 Å². The van der Waals surface area contributed by atoms with E-state index in [0.717, 1.165) is 251 Å². The average molecular weight is 2260 g/mol. The van der Waals surface area contributed by atoms with E-state index in [1.54, 1.807) is 12.1 Å². The van der Waals surface area contributed by atoms with Gasteiger partial charge in [-0.15, -0.1) is 23.2 Å². The van der Waals surface area contributed by atoms with Gasteiger partial charge in [-0.25, -0.2) is 0 Å². The molecule has 0 unspecified atom stereocenters. The summed E-state index contributed by atoms with van der Waals surface area (Å²) in [5.74, 6) is 0.223. The van der Waals surface area contributed by atoms with Gasteiger partial charge in [0.15, 0.2) is 17.4 Å². The van der Waals surface area contributed by atoms with Gasteiger partial charge in [0, 0.05) is 120 Å². The molecule has 38 heteroatoms. The van der Waals surface area contributed by atoms with E-state index in [2.05, 4.69) is 44.7 Å². The van der Waals surface area contributed by atoms with E-state index in [1.165, 1.54) is 39.2 Å². The van der Waals surface area contributed by atoms with E-state index < -0.39 is 61.2 Å². The van der Waals surface area contributed by atoms with Crippen LogP contribution in [-0.4, -0.2) is 224 Å². The van der Waals surface area contributed by atoms with Crippen LogP contribution in [0.4, 0.5) is 26.3 Å². The fourth-order valence-electron chi connectivity index (χ4n) is 21.0. The normalized spacial score (nSPS) is 23.2. The fraction of sp³-hybridized carbons (Fsp3) is 0.562. The number of carbonyl (C=O) groups is 7. The van der Waals surface area contributed by atoms with Crippen LogP contribution in [0.5, 0.6) is 11.5 Å². The van der Waals surface area contributed by atoms with Gasteiger partial charge in [0.25, 0.3) is 10.1 Å². The monoisotopic (exact) mass is 2260 g/mol. The molecule has 4 amide bonds. The van der Waals surface area contributed by atoms with Crippen LogP contribution in [0.3, 0.4) is 0 Å². The average Bonchev–Trinajstić information content (AvgIpc) is 1.36. The van der Waals surface area contributed by atoms with Crippen molar-refractivity contribution in [3.63, 3.8) is 0 Å². The minimum atomic E-state index is -4.36. The summed E-state index contributed by atoms with van der Waals surface area (Å²) >= 11 is 39.3. The van der Waals surface area contributed by atoms with Crippen LogP contribution in [0.25, 0.3) is 0 Å². The molecule has 7 aromatic carbocycles. The van der Waals surface area contributed by atoms with E-state index in [-0.39, 0.29) is 157 Å². The van der Waals surface area contributed by atoms with Gasteiger partial charge in [-0.3, -0.25) is 37.7 Å². The van der Waals surface area contributed by atoms with Gasteiger partial charge in [0.2, 0.25) is 23.6 Å². The topological polar surface area (TPSA) is 285 Å². The number of phenols is 1. The predicted molar refractivity (Wildman–Crippen MR) is 578 cm³/mol. The third-order valence-corrected chi connectivity index (χ3v) is 33.0. The minimum Gasteiger partial charge on any atom is -1.00 e. The number of piperidine rings is 5. The number of esters is 2. The zero-order valence-corrected chi connectivity index (χ0v) is 92.6. The van der Waals surface area contributed by atoms with E-state index in [4.69, 9.17) is 105 Å². The summed E-state index contributed by atoms with van der Waals surface area (Å²) in [6.07, 6.45) is 17.7. The second kappa shape index (κ2) is 59.4. The number of rotatable bonds is 19. The van der Waals surface area contributed by atoms with E-state index in [1.807, 2.05) is 129 Å². The van der Waals surface area contributed by atoms with Crippen LogP contribution in [0.15, 0.2) is 170 Å². The Kier molecular flexibility index (Phi) is 50.7. The standard InChI is InChI=1S/C25H27ClF3NO2.C19H26ClNO4S.C19H24ClNO3.C18H24ClNO2.C11H11ClO2.C8H15NO2.C7H5F3O.C4H8O.CH2Cl2.Al.Li.4H/c1-17-3-4-18(16-32-22-11-7-20(8-12-22)25(27,28)29)15-30(17)23(31)24(13-2-14-24)19-5-9-21(26)10-6-19;1-14-4-5-15(13-25-26(2,23)24)12-21(14)18(22)19(10-3-11-19)16-6-8-17(20)9-7-16;1-13-4-5-14(17(22)24-2)12-21(13)18(23)19(10-3-11-19)15-6-8-16(20)9-7-15;1-13-3-4-14(12-21)11-20(13)17(22)18(9-2-10-18)15-5-7-16(19)8-6-15;12-9-4-2-8(3-5-9)11(10(13)14)6-1-7-11;1-6-3-4-7(5-9-6)8(10)11-2;8-7(9,10)5-1-3-6(11)4-2-5;1-2-4-5-3-1;2-1-3;;;;;;/h5-12,17-18H,2-4,13-16H2,1H3;6-9,14-15H,3-5,10-13H2,1-2H3;6-9,13-14H,3-5,10-12H2,1-2H3;5-8,13-14,21H,2-4,9-12H2,1H3;2-5H,1,6-7H2,(H,13,14);6-7,9H,3-5H2,1-2H3;1-4,11H;1-4H2;1H2;;;;;;/q;;;;;;;;;;+1;;;;-1/t17-,18+;14-,15+;2*13-,14+;;6-,7+;;;;;;;;;/m0000.0........./s1. The number of carboxylic acids is 1. The molecule has 18 rings (SSSR count). The second-order valence-electron chi connectivity index (χ2n) is 40.9. The number of benzene rings is 7. The molecule has 150 heavy (non-hydrogen) atoms. The number of phenolic OH excluding ortho intramolecular Hbond substituents is 1. The fourth-order valence-corrected chi connectivity index (χ4v) is 22.1. The number of aliphatic hydroxyl groups is 1. The molecule has 0 aromatic heterocycles. The molecule has 0 radical (unpaired) electrons. The van der Waals surface area contributed by atoms with Gasteiger partial charge >= 0.3 is 49.1 Å². The molecule has 822 valence electrons. The van der Waals surface area contributed by atoms with Gasteiger partial charge in [-0.2, -0.15) is 34.8 Å². The third kappa shape index (κ3) is 34.5. The van der Waals surface area contributed by atoms with Crippen LogP contribution >= 0.6 is 81.2 Å². The van der Waals surface area contributed by atoms with E-state index >= 15 is 0 Å². The molecule has 0 bridgehead atoms. The summed E-state index contributed by atoms with van der Waals surface area (Å²) in [5.41, 5.74) is 1.22. The number of hydrogen-bond acceptors (Lipinski definition) is 17. The van der Waals surface area contributed by atoms with Crippen LogP contribution in [0, 0.1) is 29.6 Å². The molecule has 7 aromatic rings. The number of nitrogens with one attached hydrogen (secondary N) is 1. The molecule has 0 spiro atoms. The first kappa shape index (κ1) is 128. The number of aliphatic hydroxyl groups excluding tert-OH is 1. The summed E-state index contributed by atoms with van der Waals surface area (Å²) in [7, 11) is -0.604. The maximum atomic E-state index is 13.7. The number of amides is 4. The van der Waals surface area contributed by atoms with Crippen molar-refractivity contribution in [2.45, 2.75) is 278 Å².